The van der Waals surface area contributed by atoms with Crippen LogP contribution in [-0.2, 0) is 11.4 Å². The van der Waals surface area contributed by atoms with Gasteiger partial charge in [0.05, 0.1) is 6.61 Å². The number of aliphatic hydroxyl groups excluding tert-OH is 1. The summed E-state index contributed by atoms with van der Waals surface area (Å²) in [6.45, 7) is 8.07. The fraction of sp³-hybridized carbons (Fsp3) is 0.533. The molecule has 0 saturated heterocycles. The second-order valence-corrected chi connectivity index (χ2v) is 4.97. The van der Waals surface area contributed by atoms with Gasteiger partial charge >= 0.3 is 0 Å². The molecular formula is C15H23NO2. The zero-order valence-corrected chi connectivity index (χ0v) is 11.7. The molecule has 1 aromatic rings. The highest BCUT2D eigenvalue weighted by Gasteiger charge is 2.19. The van der Waals surface area contributed by atoms with E-state index in [4.69, 9.17) is 5.11 Å². The average molecular weight is 249 g/mol. The molecule has 0 spiro atoms. The lowest BCUT2D eigenvalue weighted by molar-refractivity contribution is -0.120. The first-order chi connectivity index (χ1) is 8.49. The highest BCUT2D eigenvalue weighted by Crippen LogP contribution is 2.21. The summed E-state index contributed by atoms with van der Waals surface area (Å²) in [5.41, 5.74) is 2.62. The normalized spacial score (nSPS) is 14.1. The van der Waals surface area contributed by atoms with Crippen molar-refractivity contribution in [3.05, 3.63) is 29.3 Å². The van der Waals surface area contributed by atoms with E-state index in [0.717, 1.165) is 23.2 Å². The maximum atomic E-state index is 12.1. The molecule has 0 aliphatic heterocycles. The summed E-state index contributed by atoms with van der Waals surface area (Å²) in [5.74, 6) is 0.404. The molecule has 2 N–H and O–H groups in total. The molecule has 1 amide bonds. The molecule has 0 fully saturated rings. The van der Waals surface area contributed by atoms with Crippen LogP contribution in [0.1, 0.15) is 38.3 Å². The molecular weight excluding hydrogens is 226 g/mol. The SMILES string of the molecule is CCC(C)C(C)C(=O)Nc1cc(CO)ccc1C. The molecule has 0 aliphatic carbocycles. The molecule has 2 atom stereocenters. The van der Waals surface area contributed by atoms with Gasteiger partial charge in [-0.3, -0.25) is 4.79 Å². The third-order valence-corrected chi connectivity index (χ3v) is 3.65. The first kappa shape index (κ1) is 14.7. The summed E-state index contributed by atoms with van der Waals surface area (Å²) in [7, 11) is 0. The Labute approximate surface area is 109 Å². The van der Waals surface area contributed by atoms with E-state index in [1.807, 2.05) is 32.0 Å². The molecule has 2 unspecified atom stereocenters. The van der Waals surface area contributed by atoms with Crippen molar-refractivity contribution >= 4 is 11.6 Å². The first-order valence-corrected chi connectivity index (χ1v) is 6.50. The third-order valence-electron chi connectivity index (χ3n) is 3.65. The lowest BCUT2D eigenvalue weighted by Crippen LogP contribution is -2.25. The Balaban J connectivity index is 2.81. The Morgan fingerprint density at radius 2 is 2.06 bits per heavy atom. The maximum Gasteiger partial charge on any atom is 0.227 e. The number of rotatable bonds is 5. The molecule has 0 saturated carbocycles. The number of aryl methyl sites for hydroxylation is 1. The summed E-state index contributed by atoms with van der Waals surface area (Å²) in [4.78, 5) is 12.1. The van der Waals surface area contributed by atoms with Crippen LogP contribution in [0.5, 0.6) is 0 Å². The van der Waals surface area contributed by atoms with Crippen molar-refractivity contribution in [1.82, 2.24) is 0 Å². The number of amides is 1. The van der Waals surface area contributed by atoms with Crippen molar-refractivity contribution in [1.29, 1.82) is 0 Å². The number of carbonyl (C=O) groups excluding carboxylic acids is 1. The van der Waals surface area contributed by atoms with Gasteiger partial charge in [0.2, 0.25) is 5.91 Å². The van der Waals surface area contributed by atoms with E-state index >= 15 is 0 Å². The zero-order chi connectivity index (χ0) is 13.7. The number of anilines is 1. The summed E-state index contributed by atoms with van der Waals surface area (Å²) in [6.07, 6.45) is 0.990. The predicted molar refractivity (Wildman–Crippen MR) is 74.4 cm³/mol. The summed E-state index contributed by atoms with van der Waals surface area (Å²) < 4.78 is 0. The van der Waals surface area contributed by atoms with E-state index in [1.54, 1.807) is 0 Å². The monoisotopic (exact) mass is 249 g/mol. The fourth-order valence-electron chi connectivity index (χ4n) is 1.76. The van der Waals surface area contributed by atoms with Crippen molar-refractivity contribution in [2.75, 3.05) is 5.32 Å². The van der Waals surface area contributed by atoms with Crippen LogP contribution in [0.2, 0.25) is 0 Å². The highest BCUT2D eigenvalue weighted by atomic mass is 16.3. The van der Waals surface area contributed by atoms with Crippen molar-refractivity contribution < 1.29 is 9.90 Å². The molecule has 3 nitrogen and oxygen atoms in total. The molecule has 0 aliphatic rings. The van der Waals surface area contributed by atoms with Gasteiger partial charge in [-0.2, -0.15) is 0 Å². The maximum absolute atomic E-state index is 12.1. The number of aliphatic hydroxyl groups is 1. The number of nitrogens with one attached hydrogen (secondary N) is 1. The second-order valence-electron chi connectivity index (χ2n) is 4.97. The van der Waals surface area contributed by atoms with Crippen LogP contribution < -0.4 is 5.32 Å². The van der Waals surface area contributed by atoms with E-state index in [0.29, 0.717) is 5.92 Å². The van der Waals surface area contributed by atoms with E-state index in [9.17, 15) is 4.79 Å². The molecule has 0 heterocycles. The minimum atomic E-state index is -0.00985. The molecule has 100 valence electrons. The minimum absolute atomic E-state index is 0.00724. The van der Waals surface area contributed by atoms with Gasteiger partial charge in [0.1, 0.15) is 0 Å². The van der Waals surface area contributed by atoms with Crippen LogP contribution >= 0.6 is 0 Å². The van der Waals surface area contributed by atoms with Crippen LogP contribution in [0.15, 0.2) is 18.2 Å². The third kappa shape index (κ3) is 3.57. The van der Waals surface area contributed by atoms with Crippen LogP contribution in [-0.4, -0.2) is 11.0 Å². The number of benzene rings is 1. The summed E-state index contributed by atoms with van der Waals surface area (Å²) >= 11 is 0. The van der Waals surface area contributed by atoms with Gasteiger partial charge < -0.3 is 10.4 Å². The van der Waals surface area contributed by atoms with Gasteiger partial charge in [-0.05, 0) is 30.0 Å². The van der Waals surface area contributed by atoms with Gasteiger partial charge in [-0.15, -0.1) is 0 Å². The largest absolute Gasteiger partial charge is 0.392 e. The lowest BCUT2D eigenvalue weighted by Gasteiger charge is -2.19. The van der Waals surface area contributed by atoms with Crippen molar-refractivity contribution in [2.45, 2.75) is 40.7 Å². The second kappa shape index (κ2) is 6.55. The average Bonchev–Trinajstić information content (AvgIpc) is 2.39. The Morgan fingerprint density at radius 3 is 2.61 bits per heavy atom. The Hall–Kier alpha value is -1.35. The Bertz CT molecular complexity index is 415. The molecule has 3 heteroatoms. The van der Waals surface area contributed by atoms with Gasteiger partial charge in [-0.25, -0.2) is 0 Å². The fourth-order valence-corrected chi connectivity index (χ4v) is 1.76. The predicted octanol–water partition coefficient (Wildman–Crippen LogP) is 3.11. The van der Waals surface area contributed by atoms with E-state index in [-0.39, 0.29) is 18.4 Å². The van der Waals surface area contributed by atoms with Crippen LogP contribution in [0, 0.1) is 18.8 Å². The number of hydrogen-bond donors (Lipinski definition) is 2. The topological polar surface area (TPSA) is 49.3 Å². The van der Waals surface area contributed by atoms with E-state index in [1.165, 1.54) is 0 Å². The van der Waals surface area contributed by atoms with Crippen molar-refractivity contribution in [2.24, 2.45) is 11.8 Å². The molecule has 0 aromatic heterocycles. The first-order valence-electron chi connectivity index (χ1n) is 6.50. The van der Waals surface area contributed by atoms with Crippen molar-refractivity contribution in [3.63, 3.8) is 0 Å². The summed E-state index contributed by atoms with van der Waals surface area (Å²) in [6, 6.07) is 5.61. The smallest absolute Gasteiger partial charge is 0.227 e. The lowest BCUT2D eigenvalue weighted by atomic mass is 9.92. The number of hydrogen-bond acceptors (Lipinski definition) is 2. The molecule has 18 heavy (non-hydrogen) atoms. The molecule has 0 bridgehead atoms. The summed E-state index contributed by atoms with van der Waals surface area (Å²) in [5, 5.41) is 12.1. The zero-order valence-electron chi connectivity index (χ0n) is 11.7. The quantitative estimate of drug-likeness (QED) is 0.842. The van der Waals surface area contributed by atoms with Gasteiger partial charge in [-0.1, -0.05) is 39.3 Å². The Kier molecular flexibility index (Phi) is 5.35. The van der Waals surface area contributed by atoms with Gasteiger partial charge in [0.25, 0.3) is 0 Å². The minimum Gasteiger partial charge on any atom is -0.392 e. The molecule has 1 aromatic carbocycles. The number of carbonyl (C=O) groups is 1. The Morgan fingerprint density at radius 1 is 1.39 bits per heavy atom. The van der Waals surface area contributed by atoms with Crippen molar-refractivity contribution in [3.8, 4) is 0 Å². The van der Waals surface area contributed by atoms with Crippen LogP contribution in [0.4, 0.5) is 5.69 Å². The standard InChI is InChI=1S/C15H23NO2/c1-5-10(2)12(4)15(18)16-14-8-13(9-17)7-6-11(14)3/h6-8,10,12,17H,5,9H2,1-4H3,(H,16,18). The molecule has 0 radical (unpaired) electrons. The van der Waals surface area contributed by atoms with Crippen LogP contribution in [0.3, 0.4) is 0 Å². The molecule has 1 rings (SSSR count). The van der Waals surface area contributed by atoms with Gasteiger partial charge in [0, 0.05) is 11.6 Å². The highest BCUT2D eigenvalue weighted by molar-refractivity contribution is 5.93. The van der Waals surface area contributed by atoms with Crippen LogP contribution in [0.25, 0.3) is 0 Å². The van der Waals surface area contributed by atoms with E-state index in [2.05, 4.69) is 19.2 Å². The van der Waals surface area contributed by atoms with E-state index < -0.39 is 0 Å². The van der Waals surface area contributed by atoms with Gasteiger partial charge in [0.15, 0.2) is 0 Å².